The average Bonchev–Trinajstić information content (AvgIpc) is 2.76. The first-order valence-electron chi connectivity index (χ1n) is 10.7. The van der Waals surface area contributed by atoms with Crippen LogP contribution >= 0.6 is 23.2 Å². The van der Waals surface area contributed by atoms with Crippen molar-refractivity contribution in [1.82, 2.24) is 4.72 Å². The van der Waals surface area contributed by atoms with Crippen LogP contribution in [0.2, 0.25) is 10.0 Å². The fourth-order valence-electron chi connectivity index (χ4n) is 5.20. The largest absolute Gasteiger partial charge is 0.490 e. The lowest BCUT2D eigenvalue weighted by atomic mass is 9.69. The van der Waals surface area contributed by atoms with Crippen LogP contribution in [0.15, 0.2) is 35.2 Å². The zero-order valence-electron chi connectivity index (χ0n) is 18.2. The summed E-state index contributed by atoms with van der Waals surface area (Å²) in [6.07, 6.45) is 0.174. The molecule has 0 amide bonds. The van der Waals surface area contributed by atoms with E-state index in [-0.39, 0.29) is 49.0 Å². The maximum absolute atomic E-state index is 15.5. The number of nitrogens with one attached hydrogen (secondary N) is 1. The number of halogens is 4. The number of sulfonamides is 1. The zero-order chi connectivity index (χ0) is 24.9. The van der Waals surface area contributed by atoms with Crippen molar-refractivity contribution >= 4 is 43.1 Å². The van der Waals surface area contributed by atoms with Gasteiger partial charge in [-0.25, -0.2) is 30.3 Å². The predicted molar refractivity (Wildman–Crippen MR) is 125 cm³/mol. The summed E-state index contributed by atoms with van der Waals surface area (Å²) in [6, 6.07) is 6.21. The van der Waals surface area contributed by atoms with E-state index in [0.29, 0.717) is 5.02 Å². The minimum atomic E-state index is -4.32. The van der Waals surface area contributed by atoms with Crippen LogP contribution in [0.5, 0.6) is 5.75 Å². The zero-order valence-corrected chi connectivity index (χ0v) is 21.3. The molecule has 1 fully saturated rings. The summed E-state index contributed by atoms with van der Waals surface area (Å²) in [5.74, 6) is -3.91. The molecule has 0 aromatic heterocycles. The van der Waals surface area contributed by atoms with Gasteiger partial charge in [0.2, 0.25) is 10.0 Å². The van der Waals surface area contributed by atoms with Crippen molar-refractivity contribution < 1.29 is 30.4 Å². The van der Waals surface area contributed by atoms with Gasteiger partial charge in [-0.15, -0.1) is 0 Å². The normalized spacial score (nSPS) is 24.7. The molecule has 12 heteroatoms. The summed E-state index contributed by atoms with van der Waals surface area (Å²) in [4.78, 5) is -0.103. The van der Waals surface area contributed by atoms with Crippen molar-refractivity contribution in [2.45, 2.75) is 35.8 Å². The molecule has 1 saturated carbocycles. The molecule has 0 bridgehead atoms. The Bertz CT molecular complexity index is 1320. The molecule has 2 aliphatic rings. The minimum absolute atomic E-state index is 0.103. The molecule has 34 heavy (non-hydrogen) atoms. The highest BCUT2D eigenvalue weighted by Gasteiger charge is 2.60. The fraction of sp³-hybridized carbons (Fsp3) is 0.455. The minimum Gasteiger partial charge on any atom is -0.490 e. The van der Waals surface area contributed by atoms with Gasteiger partial charge in [0, 0.05) is 17.5 Å². The number of ether oxygens (including phenoxy) is 1. The number of hydrogen-bond acceptors (Lipinski definition) is 5. The molecule has 3 atom stereocenters. The van der Waals surface area contributed by atoms with Gasteiger partial charge in [0.15, 0.2) is 27.2 Å². The molecule has 2 aromatic rings. The maximum Gasteiger partial charge on any atom is 0.211 e. The topological polar surface area (TPSA) is 89.5 Å². The Morgan fingerprint density at radius 1 is 1.15 bits per heavy atom. The monoisotopic (exact) mass is 553 g/mol. The van der Waals surface area contributed by atoms with Crippen molar-refractivity contribution in [2.75, 3.05) is 18.9 Å². The van der Waals surface area contributed by atoms with Crippen LogP contribution in [0.4, 0.5) is 8.78 Å². The molecule has 0 saturated heterocycles. The van der Waals surface area contributed by atoms with Gasteiger partial charge < -0.3 is 4.74 Å². The van der Waals surface area contributed by atoms with Crippen LogP contribution in [-0.4, -0.2) is 35.7 Å². The average molecular weight is 554 g/mol. The van der Waals surface area contributed by atoms with E-state index in [1.54, 1.807) is 6.92 Å². The SMILES string of the molecule is CCNS(=O)(=O)C[C@@H]1CC[C@@]2(S(=O)(=O)c3ccc(Cl)cc3)c3c(F)c(Cl)cc(F)c3OC[C@H]2C1. The molecular weight excluding hydrogens is 531 g/mol. The highest BCUT2D eigenvalue weighted by Crippen LogP contribution is 2.58. The van der Waals surface area contributed by atoms with E-state index in [9.17, 15) is 21.2 Å². The van der Waals surface area contributed by atoms with Crippen LogP contribution in [0.3, 0.4) is 0 Å². The Balaban J connectivity index is 1.89. The number of sulfone groups is 1. The molecule has 4 rings (SSSR count). The third-order valence-corrected chi connectivity index (χ3v) is 11.4. The predicted octanol–water partition coefficient (Wildman–Crippen LogP) is 4.69. The summed E-state index contributed by atoms with van der Waals surface area (Å²) >= 11 is 11.9. The van der Waals surface area contributed by atoms with E-state index >= 15 is 4.39 Å². The molecule has 1 aliphatic carbocycles. The fourth-order valence-corrected chi connectivity index (χ4v) is 9.35. The second-order valence-corrected chi connectivity index (χ2v) is 13.5. The molecule has 186 valence electrons. The van der Waals surface area contributed by atoms with E-state index < -0.39 is 58.5 Å². The quantitative estimate of drug-likeness (QED) is 0.524. The summed E-state index contributed by atoms with van der Waals surface area (Å²) in [5, 5.41) is -0.235. The van der Waals surface area contributed by atoms with Crippen molar-refractivity contribution in [3.8, 4) is 5.75 Å². The van der Waals surface area contributed by atoms with E-state index in [4.69, 9.17) is 27.9 Å². The van der Waals surface area contributed by atoms with E-state index in [0.717, 1.165) is 6.07 Å². The van der Waals surface area contributed by atoms with Crippen LogP contribution < -0.4 is 9.46 Å². The maximum atomic E-state index is 15.5. The van der Waals surface area contributed by atoms with Crippen LogP contribution in [0.1, 0.15) is 31.7 Å². The van der Waals surface area contributed by atoms with E-state index in [1.165, 1.54) is 24.3 Å². The van der Waals surface area contributed by atoms with E-state index in [2.05, 4.69) is 4.72 Å². The number of rotatable bonds is 6. The van der Waals surface area contributed by atoms with Crippen molar-refractivity contribution in [2.24, 2.45) is 11.8 Å². The summed E-state index contributed by atoms with van der Waals surface area (Å²) in [7, 11) is -7.89. The lowest BCUT2D eigenvalue weighted by Gasteiger charge is -2.49. The van der Waals surface area contributed by atoms with Gasteiger partial charge in [-0.3, -0.25) is 0 Å². The van der Waals surface area contributed by atoms with Gasteiger partial charge in [0.05, 0.1) is 27.8 Å². The van der Waals surface area contributed by atoms with Gasteiger partial charge >= 0.3 is 0 Å². The van der Waals surface area contributed by atoms with E-state index in [1.807, 2.05) is 0 Å². The molecule has 0 radical (unpaired) electrons. The molecule has 1 heterocycles. The third kappa shape index (κ3) is 4.21. The molecule has 6 nitrogen and oxygen atoms in total. The molecular formula is C22H23Cl2F2NO5S2. The lowest BCUT2D eigenvalue weighted by Crippen LogP contribution is -2.53. The van der Waals surface area contributed by atoms with Gasteiger partial charge in [-0.1, -0.05) is 30.1 Å². The Labute approximate surface area is 207 Å². The van der Waals surface area contributed by atoms with Crippen molar-refractivity contribution in [3.05, 3.63) is 57.6 Å². The highest BCUT2D eigenvalue weighted by molar-refractivity contribution is 7.92. The summed E-state index contributed by atoms with van der Waals surface area (Å²) < 4.78 is 89.3. The number of hydrogen-bond donors (Lipinski definition) is 1. The Morgan fingerprint density at radius 3 is 2.47 bits per heavy atom. The van der Waals surface area contributed by atoms with Crippen LogP contribution in [0.25, 0.3) is 0 Å². The lowest BCUT2D eigenvalue weighted by molar-refractivity contribution is 0.103. The molecule has 0 spiro atoms. The molecule has 1 N–H and O–H groups in total. The van der Waals surface area contributed by atoms with Gasteiger partial charge in [0.1, 0.15) is 4.75 Å². The summed E-state index contributed by atoms with van der Waals surface area (Å²) in [5.41, 5.74) is -0.434. The Hall–Kier alpha value is -1.46. The summed E-state index contributed by atoms with van der Waals surface area (Å²) in [6.45, 7) is 1.68. The standard InChI is InChI=1S/C22H23Cl2F2NO5S2/c1-2-27-33(28,29)12-13-7-8-22(34(30,31)16-5-3-15(23)4-6-16)14(9-13)11-32-21-18(25)10-17(24)20(26)19(21)22/h3-6,10,13-14,27H,2,7-9,11-12H2,1H3/t13-,14-,22+/m1/s1. The first kappa shape index (κ1) is 25.6. The molecule has 1 aliphatic heterocycles. The Kier molecular flexibility index (Phi) is 6.94. The number of benzene rings is 2. The van der Waals surface area contributed by atoms with Gasteiger partial charge in [0.25, 0.3) is 0 Å². The smallest absolute Gasteiger partial charge is 0.211 e. The van der Waals surface area contributed by atoms with Crippen molar-refractivity contribution in [3.63, 3.8) is 0 Å². The molecule has 0 unspecified atom stereocenters. The number of fused-ring (bicyclic) bond motifs is 3. The van der Waals surface area contributed by atoms with Crippen molar-refractivity contribution in [1.29, 1.82) is 0 Å². The first-order valence-corrected chi connectivity index (χ1v) is 14.6. The first-order chi connectivity index (χ1) is 15.9. The van der Waals surface area contributed by atoms with Crippen LogP contribution in [0, 0.1) is 23.5 Å². The second kappa shape index (κ2) is 9.20. The second-order valence-electron chi connectivity index (χ2n) is 8.63. The molecule has 2 aromatic carbocycles. The van der Waals surface area contributed by atoms with Gasteiger partial charge in [-0.05, 0) is 55.5 Å². The Morgan fingerprint density at radius 2 is 1.82 bits per heavy atom. The highest BCUT2D eigenvalue weighted by atomic mass is 35.5. The van der Waals surface area contributed by atoms with Gasteiger partial charge in [-0.2, -0.15) is 0 Å². The third-order valence-electron chi connectivity index (χ3n) is 6.60. The van der Waals surface area contributed by atoms with Crippen LogP contribution in [-0.2, 0) is 24.6 Å².